The van der Waals surface area contributed by atoms with Crippen LogP contribution in [0.4, 0.5) is 13.2 Å². The van der Waals surface area contributed by atoms with Crippen molar-refractivity contribution in [2.45, 2.75) is 12.1 Å². The van der Waals surface area contributed by atoms with E-state index in [1.165, 1.54) is 50.6 Å². The number of nitriles is 1. The lowest BCUT2D eigenvalue weighted by molar-refractivity contribution is -0.140. The Labute approximate surface area is 331 Å². The number of hydrogen-bond acceptors (Lipinski definition) is 13. The smallest absolute Gasteiger partial charge is 0.394 e. The number of carbonyl (C=O) groups excluding carboxylic acids is 5. The Morgan fingerprint density at radius 1 is 0.944 bits per heavy atom. The third kappa shape index (κ3) is 22.8. The highest BCUT2D eigenvalue weighted by Crippen LogP contribution is 2.22. The van der Waals surface area contributed by atoms with Gasteiger partial charge in [0.15, 0.2) is 0 Å². The summed E-state index contributed by atoms with van der Waals surface area (Å²) in [4.78, 5) is 53.3. The van der Waals surface area contributed by atoms with Crippen LogP contribution in [0.5, 0.6) is 0 Å². The molecule has 0 saturated carbocycles. The average Bonchev–Trinajstić information content (AvgIpc) is 3.07. The molecule has 4 rings (SSSR count). The molecular formula is C31H31Br3F3N5O11S. The van der Waals surface area contributed by atoms with Gasteiger partial charge in [0, 0.05) is 19.0 Å². The Balaban J connectivity index is 0.000000700. The van der Waals surface area contributed by atoms with Crippen molar-refractivity contribution in [1.29, 1.82) is 5.26 Å². The molecule has 3 aromatic carbocycles. The van der Waals surface area contributed by atoms with Crippen molar-refractivity contribution in [2.24, 2.45) is 5.73 Å². The molecule has 0 aliphatic carbocycles. The molecular weight excluding hydrogens is 947 g/mol. The molecule has 0 radical (unpaired) electrons. The van der Waals surface area contributed by atoms with Crippen LogP contribution in [0.3, 0.4) is 0 Å². The van der Waals surface area contributed by atoms with Crippen molar-refractivity contribution in [2.75, 3.05) is 33.9 Å². The Morgan fingerprint density at radius 3 is 1.85 bits per heavy atom. The van der Waals surface area contributed by atoms with Crippen LogP contribution in [0.2, 0.25) is 0 Å². The minimum atomic E-state index is -4.67. The lowest BCUT2D eigenvalue weighted by atomic mass is 10.0. The van der Waals surface area contributed by atoms with Crippen molar-refractivity contribution < 1.29 is 64.1 Å². The first-order valence-corrected chi connectivity index (χ1v) is 18.0. The Kier molecular flexibility index (Phi) is 23.8. The second-order valence-corrected chi connectivity index (χ2v) is 13.3. The van der Waals surface area contributed by atoms with E-state index >= 15 is 0 Å². The van der Waals surface area contributed by atoms with Crippen LogP contribution in [0.15, 0.2) is 68.0 Å². The van der Waals surface area contributed by atoms with Gasteiger partial charge in [-0.25, -0.2) is 13.2 Å². The summed E-state index contributed by atoms with van der Waals surface area (Å²) in [6, 6.07) is 12.9. The summed E-state index contributed by atoms with van der Waals surface area (Å²) in [6.07, 6.45) is 0.605. The number of ether oxygens (including phenoxy) is 2. The number of amides is 2. The summed E-state index contributed by atoms with van der Waals surface area (Å²) in [6.45, 7) is -0.0934. The summed E-state index contributed by atoms with van der Waals surface area (Å²) >= 11 is 9.34. The van der Waals surface area contributed by atoms with Crippen LogP contribution in [-0.4, -0.2) is 81.4 Å². The zero-order chi connectivity index (χ0) is 41.6. The second kappa shape index (κ2) is 25.8. The number of benzene rings is 3. The third-order valence-corrected chi connectivity index (χ3v) is 7.02. The van der Waals surface area contributed by atoms with E-state index in [4.69, 9.17) is 28.5 Å². The van der Waals surface area contributed by atoms with Gasteiger partial charge >= 0.3 is 22.3 Å². The van der Waals surface area contributed by atoms with Gasteiger partial charge in [-0.1, -0.05) is 47.8 Å². The molecule has 294 valence electrons. The van der Waals surface area contributed by atoms with Crippen molar-refractivity contribution in [1.82, 2.24) is 16.0 Å². The van der Waals surface area contributed by atoms with Gasteiger partial charge in [-0.2, -0.15) is 13.7 Å². The quantitative estimate of drug-likeness (QED) is 0.0854. The number of nitrogens with zero attached hydrogens (tertiary/aromatic N) is 1. The van der Waals surface area contributed by atoms with Crippen molar-refractivity contribution >= 4 is 88.2 Å². The number of imide groups is 1. The maximum absolute atomic E-state index is 13.1. The number of rotatable bonds is 7. The number of hydrogen-bond donors (Lipinski definition) is 6. The number of aldehydes is 1. The van der Waals surface area contributed by atoms with E-state index in [0.29, 0.717) is 36.4 Å². The maximum atomic E-state index is 13.1. The minimum Gasteiger partial charge on any atom is -0.468 e. The van der Waals surface area contributed by atoms with Gasteiger partial charge in [0.2, 0.25) is 11.8 Å². The second-order valence-electron chi connectivity index (χ2n) is 9.70. The first-order chi connectivity index (χ1) is 25.1. The highest BCUT2D eigenvalue weighted by Gasteiger charge is 2.27. The highest BCUT2D eigenvalue weighted by molar-refractivity contribution is 9.11. The summed E-state index contributed by atoms with van der Waals surface area (Å²) in [7, 11) is -2.11. The molecule has 1 aliphatic heterocycles. The molecule has 1 fully saturated rings. The molecule has 7 N–H and O–H groups in total. The van der Waals surface area contributed by atoms with Crippen molar-refractivity contribution in [3.8, 4) is 6.07 Å². The van der Waals surface area contributed by atoms with Gasteiger partial charge in [0.1, 0.15) is 35.8 Å². The summed E-state index contributed by atoms with van der Waals surface area (Å²) in [5, 5.41) is 16.5. The largest absolute Gasteiger partial charge is 0.468 e. The lowest BCUT2D eigenvalue weighted by Crippen LogP contribution is -2.51. The molecule has 0 aromatic heterocycles. The molecule has 0 bridgehead atoms. The number of nitrogens with two attached hydrogens (primary N) is 1. The Hall–Kier alpha value is -4.12. The van der Waals surface area contributed by atoms with Crippen LogP contribution in [0.1, 0.15) is 33.6 Å². The summed E-state index contributed by atoms with van der Waals surface area (Å²) in [5.41, 5.74) is 6.08. The van der Waals surface area contributed by atoms with E-state index in [9.17, 15) is 37.1 Å². The van der Waals surface area contributed by atoms with Gasteiger partial charge in [0.05, 0.1) is 39.9 Å². The van der Waals surface area contributed by atoms with Gasteiger partial charge in [-0.3, -0.25) is 49.0 Å². The van der Waals surface area contributed by atoms with Crippen LogP contribution in [0.25, 0.3) is 0 Å². The number of esters is 2. The molecule has 0 spiro atoms. The first kappa shape index (κ1) is 49.9. The molecule has 1 aliphatic rings. The molecule has 2 amide bonds. The number of piperazine rings is 1. The summed E-state index contributed by atoms with van der Waals surface area (Å²) in [5.74, 6) is -3.00. The zero-order valence-electron chi connectivity index (χ0n) is 27.8. The van der Waals surface area contributed by atoms with Gasteiger partial charge in [-0.05, 0) is 65.7 Å². The first-order valence-electron chi connectivity index (χ1n) is 14.2. The number of halogens is 6. The molecule has 16 nitrogen and oxygen atoms in total. The van der Waals surface area contributed by atoms with Crippen LogP contribution >= 0.6 is 47.8 Å². The molecule has 2 atom stereocenters. The SMILES string of the molecule is COC(=O)CN.COC(=O)CNC(C#N)c1cc(F)cc(Br)c1.O=C1CNC(c2cc(F)cc(Br)c2)C(=O)N1.O=Cc1cc(F)cc(Br)c1.O=S(=O)(O)O. The monoisotopic (exact) mass is 975 g/mol. The van der Waals surface area contributed by atoms with Crippen molar-refractivity contribution in [3.05, 3.63) is 102 Å². The Bertz CT molecular complexity index is 1850. The topological polar surface area (TPSA) is 264 Å². The van der Waals surface area contributed by atoms with Crippen LogP contribution < -0.4 is 21.7 Å². The van der Waals surface area contributed by atoms with E-state index < -0.39 is 51.8 Å². The van der Waals surface area contributed by atoms with E-state index in [1.807, 2.05) is 6.07 Å². The number of methoxy groups -OCH3 is 2. The van der Waals surface area contributed by atoms with Gasteiger partial charge in [0.25, 0.3) is 0 Å². The molecule has 23 heteroatoms. The molecule has 54 heavy (non-hydrogen) atoms. The lowest BCUT2D eigenvalue weighted by Gasteiger charge is -2.22. The van der Waals surface area contributed by atoms with E-state index in [0.717, 1.165) is 0 Å². The molecule has 1 heterocycles. The third-order valence-electron chi connectivity index (χ3n) is 5.65. The fourth-order valence-corrected chi connectivity index (χ4v) is 4.97. The Morgan fingerprint density at radius 2 is 1.44 bits per heavy atom. The standard InChI is InChI=1S/C11H10BrFN2O2.C10H8BrFN2O2.C7H4BrFO.C3H7NO2.H2O4S/c1-17-11(16)6-15-10(5-14)7-2-8(12)4-9(13)3-7;11-6-1-5(2-7(12)3-6)9-10(16)14-8(15)4-13-9;8-6-1-5(4-10)2-7(9)3-6;1-6-3(5)2-4;1-5(2,3)4/h2-4,10,15H,6H2,1H3;1-3,9,13H,4H2,(H,14,15,16);1-4H;2,4H2,1H3;(H2,1,2,3,4). The van der Waals surface area contributed by atoms with E-state index in [2.05, 4.69) is 73.2 Å². The number of nitrogens with one attached hydrogen (secondary N) is 3. The molecule has 3 aromatic rings. The van der Waals surface area contributed by atoms with E-state index in [1.54, 1.807) is 18.2 Å². The van der Waals surface area contributed by atoms with Gasteiger partial charge in [-0.15, -0.1) is 0 Å². The predicted octanol–water partition coefficient (Wildman–Crippen LogP) is 3.66. The average molecular weight is 978 g/mol. The fraction of sp³-hybridized carbons (Fsp3) is 0.226. The highest BCUT2D eigenvalue weighted by atomic mass is 79.9. The summed E-state index contributed by atoms with van der Waals surface area (Å²) < 4.78 is 80.5. The fourth-order valence-electron chi connectivity index (χ4n) is 3.52. The zero-order valence-corrected chi connectivity index (χ0v) is 33.4. The van der Waals surface area contributed by atoms with Crippen LogP contribution in [-0.2, 0) is 39.1 Å². The van der Waals surface area contributed by atoms with Crippen LogP contribution in [0, 0.1) is 28.8 Å². The van der Waals surface area contributed by atoms with E-state index in [-0.39, 0.29) is 31.5 Å². The predicted molar refractivity (Wildman–Crippen MR) is 195 cm³/mol. The maximum Gasteiger partial charge on any atom is 0.394 e. The van der Waals surface area contributed by atoms with Crippen molar-refractivity contribution in [3.63, 3.8) is 0 Å². The molecule has 1 saturated heterocycles. The number of carbonyl (C=O) groups is 5. The normalized spacial score (nSPS) is 13.5. The van der Waals surface area contributed by atoms with Gasteiger partial charge < -0.3 is 15.2 Å². The minimum absolute atomic E-state index is 0.0312. The molecule has 2 unspecified atom stereocenters.